The summed E-state index contributed by atoms with van der Waals surface area (Å²) < 4.78 is 51.0. The van der Waals surface area contributed by atoms with E-state index in [2.05, 4.69) is 42.5 Å². The van der Waals surface area contributed by atoms with Gasteiger partial charge in [0.15, 0.2) is 0 Å². The molecule has 0 bridgehead atoms. The number of pyridine rings is 2. The number of hydrogen-bond acceptors (Lipinski definition) is 7. The third kappa shape index (κ3) is 10.9. The maximum atomic E-state index is 12.0. The van der Waals surface area contributed by atoms with Gasteiger partial charge in [0.2, 0.25) is 20.0 Å². The van der Waals surface area contributed by atoms with E-state index in [1.165, 1.54) is 23.6 Å². The number of sulfonamides is 2. The van der Waals surface area contributed by atoms with Crippen molar-refractivity contribution < 1.29 is 21.9 Å². The van der Waals surface area contributed by atoms with E-state index in [9.17, 15) is 21.9 Å². The summed E-state index contributed by atoms with van der Waals surface area (Å²) in [5, 5.41) is 10.8. The average Bonchev–Trinajstić information content (AvgIpc) is 3.43. The van der Waals surface area contributed by atoms with Crippen LogP contribution in [-0.2, 0) is 20.0 Å². The van der Waals surface area contributed by atoms with Gasteiger partial charge in [-0.3, -0.25) is 9.97 Å². The molecule has 2 aliphatic carbocycles. The van der Waals surface area contributed by atoms with Gasteiger partial charge in [0, 0.05) is 72.6 Å². The van der Waals surface area contributed by atoms with E-state index in [-0.39, 0.29) is 33.3 Å². The van der Waals surface area contributed by atoms with Crippen molar-refractivity contribution in [2.24, 2.45) is 11.8 Å². The SMILES string of the molecule is C.C.C/C=C/C1=Cc2cc(Cl)ccc2C(C2CCN(S(C)(=O)=O)CC2)c2ncccc21.CS(=O)(=O)N1CCC(C2c3ccc(Cl)cc3C=C(CCCO)c3cccnc32)CC1. The van der Waals surface area contributed by atoms with Gasteiger partial charge in [-0.1, -0.05) is 80.5 Å². The van der Waals surface area contributed by atoms with E-state index >= 15 is 0 Å². The lowest BCUT2D eigenvalue weighted by Gasteiger charge is -2.35. The van der Waals surface area contributed by atoms with Gasteiger partial charge in [-0.2, -0.15) is 0 Å². The molecule has 61 heavy (non-hydrogen) atoms. The van der Waals surface area contributed by atoms with Crippen molar-refractivity contribution >= 4 is 66.5 Å². The number of hydrogen-bond donors (Lipinski definition) is 1. The second kappa shape index (κ2) is 20.7. The number of rotatable bonds is 8. The molecule has 9 nitrogen and oxygen atoms in total. The van der Waals surface area contributed by atoms with Crippen LogP contribution in [0.15, 0.2) is 85.2 Å². The number of benzene rings is 2. The van der Waals surface area contributed by atoms with Crippen LogP contribution >= 0.6 is 23.2 Å². The summed E-state index contributed by atoms with van der Waals surface area (Å²) in [6.07, 6.45) is 19.5. The predicted molar refractivity (Wildman–Crippen MR) is 254 cm³/mol. The highest BCUT2D eigenvalue weighted by Gasteiger charge is 2.37. The Morgan fingerprint density at radius 3 is 1.62 bits per heavy atom. The molecule has 4 aromatic rings. The number of nitrogens with zero attached hydrogens (tertiary/aromatic N) is 4. The summed E-state index contributed by atoms with van der Waals surface area (Å²) in [6.45, 7) is 4.34. The molecule has 0 spiro atoms. The molecular weight excluding hydrogens is 848 g/mol. The van der Waals surface area contributed by atoms with Crippen LogP contribution in [0, 0.1) is 11.8 Å². The predicted octanol–water partition coefficient (Wildman–Crippen LogP) is 10.4. The average molecular weight is 908 g/mol. The number of allylic oxidation sites excluding steroid dienone is 4. The molecule has 2 atom stereocenters. The summed E-state index contributed by atoms with van der Waals surface area (Å²) in [5.41, 5.74) is 11.2. The molecule has 0 radical (unpaired) electrons. The highest BCUT2D eigenvalue weighted by Crippen LogP contribution is 2.47. The highest BCUT2D eigenvalue weighted by molar-refractivity contribution is 7.88. The van der Waals surface area contributed by atoms with Gasteiger partial charge in [-0.15, -0.1) is 0 Å². The van der Waals surface area contributed by atoms with E-state index in [1.807, 2.05) is 61.8 Å². The lowest BCUT2D eigenvalue weighted by molar-refractivity contribution is 0.256. The number of aromatic nitrogens is 2. The first-order chi connectivity index (χ1) is 28.3. The molecule has 1 N–H and O–H groups in total. The van der Waals surface area contributed by atoms with Crippen LogP contribution in [-0.4, -0.2) is 85.8 Å². The molecule has 328 valence electrons. The van der Waals surface area contributed by atoms with E-state index in [0.29, 0.717) is 54.5 Å². The van der Waals surface area contributed by atoms with Gasteiger partial charge in [0.05, 0.1) is 23.9 Å². The number of aliphatic hydroxyl groups is 1. The van der Waals surface area contributed by atoms with Crippen LogP contribution < -0.4 is 0 Å². The number of fused-ring (bicyclic) bond motifs is 4. The Bertz CT molecular complexity index is 2490. The maximum absolute atomic E-state index is 12.0. The fourth-order valence-corrected chi connectivity index (χ4v) is 11.5. The summed E-state index contributed by atoms with van der Waals surface area (Å²) >= 11 is 12.7. The largest absolute Gasteiger partial charge is 0.396 e. The van der Waals surface area contributed by atoms with Crippen molar-refractivity contribution in [1.29, 1.82) is 0 Å². The molecule has 0 amide bonds. The van der Waals surface area contributed by atoms with Crippen LogP contribution in [0.4, 0.5) is 0 Å². The highest BCUT2D eigenvalue weighted by atomic mass is 35.5. The Morgan fingerprint density at radius 1 is 0.705 bits per heavy atom. The quantitative estimate of drug-likeness (QED) is 0.187. The van der Waals surface area contributed by atoms with Gasteiger partial charge >= 0.3 is 0 Å². The lowest BCUT2D eigenvalue weighted by Crippen LogP contribution is -2.39. The van der Waals surface area contributed by atoms with Gasteiger partial charge in [0.1, 0.15) is 0 Å². The summed E-state index contributed by atoms with van der Waals surface area (Å²) in [4.78, 5) is 9.63. The zero-order chi connectivity index (χ0) is 41.9. The minimum atomic E-state index is -3.17. The van der Waals surface area contributed by atoms with E-state index in [4.69, 9.17) is 33.2 Å². The second-order valence-corrected chi connectivity index (χ2v) is 20.8. The number of halogens is 2. The van der Waals surface area contributed by atoms with Crippen LogP contribution in [0.5, 0.6) is 0 Å². The molecule has 2 saturated heterocycles. The van der Waals surface area contributed by atoms with Gasteiger partial charge < -0.3 is 5.11 Å². The zero-order valence-corrected chi connectivity index (χ0v) is 36.9. The van der Waals surface area contributed by atoms with Crippen molar-refractivity contribution in [3.05, 3.63) is 140 Å². The van der Waals surface area contributed by atoms with Crippen LogP contribution in [0.25, 0.3) is 23.3 Å². The van der Waals surface area contributed by atoms with Crippen molar-refractivity contribution in [2.45, 2.75) is 72.1 Å². The van der Waals surface area contributed by atoms with E-state index in [0.717, 1.165) is 76.9 Å². The molecule has 2 unspecified atom stereocenters. The molecule has 2 aromatic heterocycles. The molecule has 2 aromatic carbocycles. The first-order valence-electron chi connectivity index (χ1n) is 20.3. The second-order valence-electron chi connectivity index (χ2n) is 16.0. The van der Waals surface area contributed by atoms with Crippen molar-refractivity contribution in [2.75, 3.05) is 45.3 Å². The number of aliphatic hydroxyl groups excluding tert-OH is 1. The van der Waals surface area contributed by atoms with Gasteiger partial charge in [0.25, 0.3) is 0 Å². The topological polar surface area (TPSA) is 121 Å². The standard InChI is InChI=1S/C23H27ClN2O3S.C23H25ClN2O2S.2CH4/c1-30(28,29)26-11-8-16(9-12-26)22-20-7-6-19(24)15-18(20)14-17(4-3-13-27)21-5-2-10-25-23(21)22;1-3-5-17-14-18-15-19(24)7-8-20(18)22(23-21(17)6-4-11-25-23)16-9-12-26(13-10-16)29(2,27)28;;/h2,5-7,10,14-16,22,27H,3-4,8-9,11-13H2,1H3;3-8,11,14-16,22H,9-10,12-13H2,1-2H3;2*1H4/b;5-3+;;. The Morgan fingerprint density at radius 2 is 1.16 bits per heavy atom. The number of piperidine rings is 2. The fraction of sp³-hybridized carbons (Fsp3) is 0.417. The smallest absolute Gasteiger partial charge is 0.211 e. The molecule has 8 rings (SSSR count). The van der Waals surface area contributed by atoms with Crippen molar-refractivity contribution in [3.8, 4) is 0 Å². The first-order valence-corrected chi connectivity index (χ1v) is 24.8. The van der Waals surface area contributed by atoms with Gasteiger partial charge in [-0.05, 0) is 139 Å². The Hall–Kier alpha value is -3.68. The van der Waals surface area contributed by atoms with Crippen molar-refractivity contribution in [1.82, 2.24) is 18.6 Å². The van der Waals surface area contributed by atoms with Gasteiger partial charge in [-0.25, -0.2) is 25.4 Å². The zero-order valence-electron chi connectivity index (χ0n) is 33.8. The molecule has 2 fully saturated rings. The minimum absolute atomic E-state index is 0. The van der Waals surface area contributed by atoms with E-state index in [1.54, 1.807) is 8.61 Å². The molecule has 4 aliphatic rings. The Balaban J connectivity index is 0.000000224. The third-order valence-electron chi connectivity index (χ3n) is 12.2. The third-order valence-corrected chi connectivity index (χ3v) is 15.2. The van der Waals surface area contributed by atoms with Crippen molar-refractivity contribution in [3.63, 3.8) is 0 Å². The molecule has 0 saturated carbocycles. The lowest BCUT2D eigenvalue weighted by atomic mass is 9.76. The summed E-state index contributed by atoms with van der Waals surface area (Å²) in [6, 6.07) is 20.3. The summed E-state index contributed by atoms with van der Waals surface area (Å²) in [5.74, 6) is 0.805. The summed E-state index contributed by atoms with van der Waals surface area (Å²) in [7, 11) is -6.32. The first kappa shape index (κ1) is 48.4. The monoisotopic (exact) mass is 906 g/mol. The van der Waals surface area contributed by atoms with E-state index < -0.39 is 20.0 Å². The molecule has 4 heterocycles. The van der Waals surface area contributed by atoms with Crippen LogP contribution in [0.1, 0.15) is 117 Å². The minimum Gasteiger partial charge on any atom is -0.396 e. The van der Waals surface area contributed by atoms with Crippen LogP contribution in [0.3, 0.4) is 0 Å². The van der Waals surface area contributed by atoms with Crippen LogP contribution in [0.2, 0.25) is 10.0 Å². The Kier molecular flexibility index (Phi) is 16.4. The molecule has 13 heteroatoms. The fourth-order valence-electron chi connectivity index (χ4n) is 9.39. The normalized spacial score (nSPS) is 19.8. The molecule has 2 aliphatic heterocycles. The maximum Gasteiger partial charge on any atom is 0.211 e. The molecular formula is C48H60Cl2N4O5S2. The Labute approximate surface area is 374 Å².